The van der Waals surface area contributed by atoms with Gasteiger partial charge in [0, 0.05) is 41.9 Å². The highest BCUT2D eigenvalue weighted by Gasteiger charge is 2.18. The van der Waals surface area contributed by atoms with E-state index in [0.29, 0.717) is 53.2 Å². The van der Waals surface area contributed by atoms with Gasteiger partial charge in [0.15, 0.2) is 17.3 Å². The van der Waals surface area contributed by atoms with E-state index in [2.05, 4.69) is 15.9 Å². The number of hydrogen-bond acceptors (Lipinski definition) is 11. The Morgan fingerprint density at radius 2 is 1.33 bits per heavy atom. The number of carbonyl (C=O) groups is 4. The molecule has 0 aliphatic rings. The average molecular weight is 735 g/mol. The number of ether oxygens (including phenoxy) is 5. The van der Waals surface area contributed by atoms with E-state index in [1.54, 1.807) is 28.0 Å². The molecular formula is C33H36BrNO9S2. The number of ketones is 1. The molecule has 0 saturated heterocycles. The number of esters is 2. The van der Waals surface area contributed by atoms with Gasteiger partial charge in [0.1, 0.15) is 5.75 Å². The zero-order valence-corrected chi connectivity index (χ0v) is 29.4. The second-order valence-corrected chi connectivity index (χ2v) is 13.2. The molecule has 0 aliphatic carbocycles. The molecule has 0 aliphatic heterocycles. The maximum absolute atomic E-state index is 12.9. The monoisotopic (exact) mass is 733 g/mol. The van der Waals surface area contributed by atoms with Crippen molar-refractivity contribution in [1.29, 1.82) is 0 Å². The minimum absolute atomic E-state index is 0.0521. The van der Waals surface area contributed by atoms with Gasteiger partial charge in [-0.05, 0) is 70.9 Å². The van der Waals surface area contributed by atoms with Gasteiger partial charge in [0.05, 0.1) is 60.6 Å². The van der Waals surface area contributed by atoms with Crippen LogP contribution < -0.4 is 14.2 Å². The first-order valence-electron chi connectivity index (χ1n) is 14.8. The van der Waals surface area contributed by atoms with Crippen molar-refractivity contribution in [2.75, 3.05) is 47.1 Å². The minimum atomic E-state index is -0.382. The first-order chi connectivity index (χ1) is 22.1. The Labute approximate surface area is 283 Å². The molecule has 0 saturated carbocycles. The lowest BCUT2D eigenvalue weighted by Gasteiger charge is -2.15. The van der Waals surface area contributed by atoms with Gasteiger partial charge in [0.25, 0.3) is 5.91 Å². The maximum Gasteiger partial charge on any atom is 0.307 e. The Morgan fingerprint density at radius 1 is 0.739 bits per heavy atom. The lowest BCUT2D eigenvalue weighted by atomic mass is 10.1. The molecule has 13 heteroatoms. The van der Waals surface area contributed by atoms with E-state index >= 15 is 0 Å². The van der Waals surface area contributed by atoms with Gasteiger partial charge < -0.3 is 28.6 Å². The third-order valence-electron chi connectivity index (χ3n) is 6.83. The summed E-state index contributed by atoms with van der Waals surface area (Å²) in [5.74, 6) is 0.788. The molecule has 0 N–H and O–H groups in total. The Bertz CT molecular complexity index is 1710. The molecule has 1 amide bonds. The Hall–Kier alpha value is -3.68. The maximum atomic E-state index is 12.9. The molecule has 4 aromatic rings. The summed E-state index contributed by atoms with van der Waals surface area (Å²) in [6, 6.07) is 11.2. The summed E-state index contributed by atoms with van der Waals surface area (Å²) in [6.07, 6.45) is 0.879. The van der Waals surface area contributed by atoms with E-state index in [-0.39, 0.29) is 56.0 Å². The van der Waals surface area contributed by atoms with Crippen molar-refractivity contribution in [2.45, 2.75) is 39.5 Å². The van der Waals surface area contributed by atoms with Crippen LogP contribution in [0.2, 0.25) is 0 Å². The number of rotatable bonds is 17. The summed E-state index contributed by atoms with van der Waals surface area (Å²) in [5.41, 5.74) is 0. The molecule has 46 heavy (non-hydrogen) atoms. The van der Waals surface area contributed by atoms with Gasteiger partial charge >= 0.3 is 11.9 Å². The van der Waals surface area contributed by atoms with Crippen LogP contribution in [0.15, 0.2) is 40.9 Å². The van der Waals surface area contributed by atoms with E-state index in [1.165, 1.54) is 27.6 Å². The summed E-state index contributed by atoms with van der Waals surface area (Å²) in [4.78, 5) is 51.5. The van der Waals surface area contributed by atoms with Gasteiger partial charge in [-0.2, -0.15) is 0 Å². The molecule has 0 atom stereocenters. The number of amides is 1. The third-order valence-corrected chi connectivity index (χ3v) is 9.67. The van der Waals surface area contributed by atoms with Crippen LogP contribution in [0.25, 0.3) is 20.2 Å². The van der Waals surface area contributed by atoms with E-state index < -0.39 is 0 Å². The number of Topliss-reactive ketones (excluding diaryl/α,β-unsaturated/α-hetero) is 1. The molecule has 0 unspecified atom stereocenters. The van der Waals surface area contributed by atoms with E-state index in [1.807, 2.05) is 36.4 Å². The van der Waals surface area contributed by atoms with Gasteiger partial charge in [-0.3, -0.25) is 19.2 Å². The minimum Gasteiger partial charge on any atom is -0.493 e. The van der Waals surface area contributed by atoms with E-state index in [9.17, 15) is 19.2 Å². The van der Waals surface area contributed by atoms with Gasteiger partial charge in [-0.1, -0.05) is 0 Å². The molecule has 0 bridgehead atoms. The van der Waals surface area contributed by atoms with Gasteiger partial charge in [-0.25, -0.2) is 0 Å². The largest absolute Gasteiger partial charge is 0.493 e. The van der Waals surface area contributed by atoms with Crippen LogP contribution in [0.5, 0.6) is 17.2 Å². The summed E-state index contributed by atoms with van der Waals surface area (Å²) < 4.78 is 30.0. The van der Waals surface area contributed by atoms with Crippen molar-refractivity contribution in [1.82, 2.24) is 4.90 Å². The van der Waals surface area contributed by atoms with Crippen LogP contribution in [-0.4, -0.2) is 75.7 Å². The van der Waals surface area contributed by atoms with Crippen LogP contribution in [0, 0.1) is 0 Å². The van der Waals surface area contributed by atoms with Crippen molar-refractivity contribution in [3.05, 3.63) is 50.6 Å². The molecule has 2 heterocycles. The van der Waals surface area contributed by atoms with Gasteiger partial charge in [-0.15, -0.1) is 22.7 Å². The van der Waals surface area contributed by atoms with Crippen LogP contribution in [0.4, 0.5) is 0 Å². The highest BCUT2D eigenvalue weighted by atomic mass is 79.9. The molecule has 4 rings (SSSR count). The van der Waals surface area contributed by atoms with Crippen molar-refractivity contribution < 1.29 is 42.9 Å². The normalized spacial score (nSPS) is 11.0. The Balaban J connectivity index is 1.31. The van der Waals surface area contributed by atoms with Crippen LogP contribution in [-0.2, 0) is 19.1 Å². The quantitative estimate of drug-likeness (QED) is 0.0627. The molecule has 0 radical (unpaired) electrons. The van der Waals surface area contributed by atoms with E-state index in [4.69, 9.17) is 23.7 Å². The number of fused-ring (bicyclic) bond motifs is 2. The fourth-order valence-corrected chi connectivity index (χ4v) is 7.22. The predicted molar refractivity (Wildman–Crippen MR) is 182 cm³/mol. The number of hydrogen-bond donors (Lipinski definition) is 0. The Morgan fingerprint density at radius 3 is 2.00 bits per heavy atom. The second-order valence-electron chi connectivity index (χ2n) is 10.1. The first-order valence-corrected chi connectivity index (χ1v) is 17.3. The zero-order valence-electron chi connectivity index (χ0n) is 26.1. The average Bonchev–Trinajstić information content (AvgIpc) is 3.65. The highest BCUT2D eigenvalue weighted by molar-refractivity contribution is 9.10. The van der Waals surface area contributed by atoms with Crippen LogP contribution in [0.1, 0.15) is 58.9 Å². The number of methoxy groups -OCH3 is 1. The highest BCUT2D eigenvalue weighted by Crippen LogP contribution is 2.38. The van der Waals surface area contributed by atoms with Crippen molar-refractivity contribution in [3.8, 4) is 17.2 Å². The number of thiophene rings is 2. The smallest absolute Gasteiger partial charge is 0.307 e. The second kappa shape index (κ2) is 16.8. The molecule has 10 nitrogen and oxygen atoms in total. The van der Waals surface area contributed by atoms with E-state index in [0.717, 1.165) is 24.6 Å². The van der Waals surface area contributed by atoms with Crippen LogP contribution in [0.3, 0.4) is 0 Å². The molecule has 2 aromatic heterocycles. The number of nitrogens with zero attached hydrogens (tertiary/aromatic N) is 1. The number of benzene rings is 2. The summed E-state index contributed by atoms with van der Waals surface area (Å²) in [5, 5.41) is 1.74. The summed E-state index contributed by atoms with van der Waals surface area (Å²) in [7, 11) is 3.23. The standard InChI is InChI=1S/C33H36BrNO9S2/c1-5-41-31(37)9-8-23(36)29-16-21-15-26(25(40-4)19-28(21)45-29)44-13-7-12-43-24-14-20-17-30(46-27(20)18-22(24)34)33(39)35(3)11-10-32(38)42-6-2/h14-19H,5-13H2,1-4H3. The fraction of sp³-hybridized carbons (Fsp3) is 0.394. The lowest BCUT2D eigenvalue weighted by molar-refractivity contribution is -0.144. The molecule has 246 valence electrons. The predicted octanol–water partition coefficient (Wildman–Crippen LogP) is 7.29. The van der Waals surface area contributed by atoms with Crippen molar-refractivity contribution in [2.24, 2.45) is 0 Å². The molecule has 2 aromatic carbocycles. The lowest BCUT2D eigenvalue weighted by Crippen LogP contribution is -2.28. The summed E-state index contributed by atoms with van der Waals surface area (Å²) in [6.45, 7) is 5.12. The van der Waals surface area contributed by atoms with Crippen LogP contribution >= 0.6 is 38.6 Å². The van der Waals surface area contributed by atoms with Crippen molar-refractivity contribution >= 4 is 82.4 Å². The number of carbonyl (C=O) groups excluding carboxylic acids is 4. The van der Waals surface area contributed by atoms with Gasteiger partial charge in [0.2, 0.25) is 0 Å². The fourth-order valence-electron chi connectivity index (χ4n) is 4.49. The molecular weight excluding hydrogens is 698 g/mol. The summed E-state index contributed by atoms with van der Waals surface area (Å²) >= 11 is 6.30. The molecule has 0 spiro atoms. The number of halogens is 1. The Kier molecular flexibility index (Phi) is 12.8. The topological polar surface area (TPSA) is 118 Å². The SMILES string of the molecule is CCOC(=O)CCC(=O)c1cc2cc(OCCCOc3cc4cc(C(=O)N(C)CCC(=O)OCC)sc4cc3Br)c(OC)cc2s1. The third kappa shape index (κ3) is 9.20. The van der Waals surface area contributed by atoms with Crippen molar-refractivity contribution in [3.63, 3.8) is 0 Å². The zero-order chi connectivity index (χ0) is 33.2. The first kappa shape index (κ1) is 35.2. The molecule has 0 fully saturated rings.